The fraction of sp³-hybridized carbons (Fsp3) is 0.556. The SMILES string of the molecule is COC(=O)N[C@H](C(=O)N1CC(F)(F)C[C@H]1c1ncc(-c2sc(-c3ccc(-c4cnc([C@@H]5CC(F)(F)CN5C(=O)[C@H](NC(=O)OC)C(C)C)[nH]4)cc3)c3c2CC2(CCOCC2)C3)[nH]1)C(C)C. The number of nitrogens with one attached hydrogen (secondary N) is 4. The number of rotatable bonds is 11. The largest absolute Gasteiger partial charge is 0.453 e. The Morgan fingerprint density at radius 1 is 0.723 bits per heavy atom. The van der Waals surface area contributed by atoms with Crippen LogP contribution in [0.2, 0.25) is 0 Å². The summed E-state index contributed by atoms with van der Waals surface area (Å²) in [4.78, 5) is 71.3. The lowest BCUT2D eigenvalue weighted by Gasteiger charge is -2.33. The molecule has 0 bridgehead atoms. The van der Waals surface area contributed by atoms with Gasteiger partial charge in [0.2, 0.25) is 11.8 Å². The van der Waals surface area contributed by atoms with E-state index in [2.05, 4.69) is 35.3 Å². The van der Waals surface area contributed by atoms with Crippen LogP contribution >= 0.6 is 11.3 Å². The Morgan fingerprint density at radius 3 is 1.65 bits per heavy atom. The molecule has 4 aliphatic rings. The summed E-state index contributed by atoms with van der Waals surface area (Å²) in [6.45, 7) is 6.51. The van der Waals surface area contributed by atoms with Gasteiger partial charge in [-0.2, -0.15) is 0 Å². The standard InChI is InChI=1S/C45H54F4N8O7S/c1-23(2)33(54-41(60)62-5)39(58)56-21-44(46,47)17-31(56)37-50-19-29(52-37)25-7-9-26(10-8-25)35-27-15-43(11-13-64-14-12-43)16-28(27)36(65-35)30-20-51-38(53-30)32-18-45(48,49)22-57(32)40(59)34(24(3)4)55-42(61)63-6/h7-10,19-20,23-24,31-34H,11-18,21-22H2,1-6H3,(H,50,52)(H,51,53)(H,54,60)(H,55,61)/t31-,32-,33+,34-/m0/s1. The van der Waals surface area contributed by atoms with Crippen LogP contribution in [-0.2, 0) is 36.6 Å². The van der Waals surface area contributed by atoms with Crippen LogP contribution in [-0.4, -0.2) is 118 Å². The molecule has 65 heavy (non-hydrogen) atoms. The van der Waals surface area contributed by atoms with Crippen molar-refractivity contribution < 1.29 is 51.0 Å². The first-order valence-corrected chi connectivity index (χ1v) is 22.6. The number of hydrogen-bond acceptors (Lipinski definition) is 10. The summed E-state index contributed by atoms with van der Waals surface area (Å²) >= 11 is 1.58. The molecule has 20 heteroatoms. The Bertz CT molecular complexity index is 2430. The molecule has 4 N–H and O–H groups in total. The van der Waals surface area contributed by atoms with Crippen LogP contribution < -0.4 is 10.6 Å². The molecule has 4 aromatic rings. The highest BCUT2D eigenvalue weighted by molar-refractivity contribution is 7.19. The molecule has 0 unspecified atom stereocenters. The minimum absolute atomic E-state index is 0.00159. The number of alkyl halides is 4. The van der Waals surface area contributed by atoms with Crippen molar-refractivity contribution in [1.82, 2.24) is 40.4 Å². The van der Waals surface area contributed by atoms with Crippen molar-refractivity contribution in [2.24, 2.45) is 17.3 Å². The van der Waals surface area contributed by atoms with Gasteiger partial charge in [0.25, 0.3) is 11.8 Å². The van der Waals surface area contributed by atoms with Gasteiger partial charge in [-0.05, 0) is 65.2 Å². The normalized spacial score (nSPS) is 21.7. The Kier molecular flexibility index (Phi) is 12.5. The number of hydrogen-bond donors (Lipinski definition) is 4. The number of ether oxygens (including phenoxy) is 3. The summed E-state index contributed by atoms with van der Waals surface area (Å²) in [5.41, 5.74) is 5.26. The van der Waals surface area contributed by atoms with Gasteiger partial charge >= 0.3 is 12.2 Å². The van der Waals surface area contributed by atoms with Gasteiger partial charge in [-0.3, -0.25) is 9.59 Å². The van der Waals surface area contributed by atoms with Gasteiger partial charge in [0.15, 0.2) is 0 Å². The van der Waals surface area contributed by atoms with Crippen LogP contribution in [0.5, 0.6) is 0 Å². The fourth-order valence-electron chi connectivity index (χ4n) is 9.71. The van der Waals surface area contributed by atoms with E-state index in [9.17, 15) is 28.0 Å². The molecule has 1 aromatic carbocycles. The number of thiophene rings is 1. The third-order valence-corrected chi connectivity index (χ3v) is 14.5. The van der Waals surface area contributed by atoms with Gasteiger partial charge < -0.3 is 44.6 Å². The lowest BCUT2D eigenvalue weighted by atomic mass is 9.77. The van der Waals surface area contributed by atoms with Crippen LogP contribution in [0.1, 0.15) is 88.2 Å². The van der Waals surface area contributed by atoms with Gasteiger partial charge in [-0.25, -0.2) is 37.1 Å². The minimum atomic E-state index is -3.18. The van der Waals surface area contributed by atoms with E-state index >= 15 is 8.78 Å². The van der Waals surface area contributed by atoms with Crippen LogP contribution in [0.3, 0.4) is 0 Å². The van der Waals surface area contributed by atoms with E-state index in [-0.39, 0.29) is 17.1 Å². The number of aromatic amines is 2. The topological polar surface area (TPSA) is 184 Å². The third kappa shape index (κ3) is 9.20. The summed E-state index contributed by atoms with van der Waals surface area (Å²) in [5.74, 6) is -8.04. The van der Waals surface area contributed by atoms with E-state index in [1.54, 1.807) is 51.4 Å². The van der Waals surface area contributed by atoms with Crippen molar-refractivity contribution in [3.05, 3.63) is 59.4 Å². The Hall–Kier alpha value is -5.50. The highest BCUT2D eigenvalue weighted by Crippen LogP contribution is 2.54. The second-order valence-corrected chi connectivity index (χ2v) is 19.4. The van der Waals surface area contributed by atoms with Crippen LogP contribution in [0, 0.1) is 17.3 Å². The predicted molar refractivity (Wildman–Crippen MR) is 231 cm³/mol. The van der Waals surface area contributed by atoms with Gasteiger partial charge in [0.05, 0.1) is 68.1 Å². The first-order chi connectivity index (χ1) is 30.8. The molecule has 4 amide bonds. The zero-order valence-electron chi connectivity index (χ0n) is 37.1. The number of imidazole rings is 2. The Labute approximate surface area is 377 Å². The molecule has 1 aliphatic carbocycles. The van der Waals surface area contributed by atoms with Crippen molar-refractivity contribution in [3.8, 4) is 32.3 Å². The molecule has 3 saturated heterocycles. The van der Waals surface area contributed by atoms with Crippen LogP contribution in [0.15, 0.2) is 36.7 Å². The Morgan fingerprint density at radius 2 is 1.17 bits per heavy atom. The number of amides is 4. The van der Waals surface area contributed by atoms with E-state index in [4.69, 9.17) is 9.47 Å². The average Bonchev–Trinajstić information content (AvgIpc) is 4.13. The highest BCUT2D eigenvalue weighted by Gasteiger charge is 2.52. The molecular formula is C45H54F4N8O7S. The second-order valence-electron chi connectivity index (χ2n) is 18.4. The average molecular weight is 927 g/mol. The van der Waals surface area contributed by atoms with Crippen molar-refractivity contribution in [2.45, 2.75) is 102 Å². The highest BCUT2D eigenvalue weighted by atomic mass is 32.1. The second kappa shape index (κ2) is 17.7. The van der Waals surface area contributed by atoms with Crippen molar-refractivity contribution in [2.75, 3.05) is 40.5 Å². The Balaban J connectivity index is 1.07. The summed E-state index contributed by atoms with van der Waals surface area (Å²) in [7, 11) is 2.33. The number of halogens is 4. The van der Waals surface area contributed by atoms with Crippen molar-refractivity contribution in [3.63, 3.8) is 0 Å². The molecule has 3 aliphatic heterocycles. The molecule has 350 valence electrons. The first kappa shape index (κ1) is 46.0. The molecule has 6 heterocycles. The molecular weight excluding hydrogens is 873 g/mol. The molecule has 0 saturated carbocycles. The van der Waals surface area contributed by atoms with Gasteiger partial charge in [0, 0.05) is 30.9 Å². The number of aromatic nitrogens is 4. The smallest absolute Gasteiger partial charge is 0.407 e. The lowest BCUT2D eigenvalue weighted by molar-refractivity contribution is -0.137. The molecule has 3 fully saturated rings. The maximum atomic E-state index is 15.1. The van der Waals surface area contributed by atoms with E-state index in [1.165, 1.54) is 12.7 Å². The number of H-pyrrole nitrogens is 2. The number of carbonyl (C=O) groups is 4. The number of nitrogens with zero attached hydrogens (tertiary/aromatic N) is 4. The zero-order valence-corrected chi connectivity index (χ0v) is 37.9. The molecule has 3 aromatic heterocycles. The lowest BCUT2D eigenvalue weighted by Crippen LogP contribution is -2.51. The van der Waals surface area contributed by atoms with Gasteiger partial charge in [0.1, 0.15) is 23.7 Å². The predicted octanol–water partition coefficient (Wildman–Crippen LogP) is 7.67. The summed E-state index contributed by atoms with van der Waals surface area (Å²) in [5, 5.41) is 4.98. The van der Waals surface area contributed by atoms with Gasteiger partial charge in [-0.15, -0.1) is 11.3 Å². The van der Waals surface area contributed by atoms with E-state index < -0.39 is 97.8 Å². The van der Waals surface area contributed by atoms with Crippen LogP contribution in [0.25, 0.3) is 32.3 Å². The number of fused-ring (bicyclic) bond motifs is 1. The summed E-state index contributed by atoms with van der Waals surface area (Å²) in [6, 6.07) is 3.51. The minimum Gasteiger partial charge on any atom is -0.453 e. The monoisotopic (exact) mass is 926 g/mol. The molecule has 1 spiro atoms. The zero-order chi connectivity index (χ0) is 46.6. The summed E-state index contributed by atoms with van der Waals surface area (Å²) < 4.78 is 75.4. The van der Waals surface area contributed by atoms with Crippen molar-refractivity contribution in [1.29, 1.82) is 0 Å². The van der Waals surface area contributed by atoms with E-state index in [0.29, 0.717) is 24.6 Å². The number of methoxy groups -OCH3 is 2. The van der Waals surface area contributed by atoms with E-state index in [1.807, 2.05) is 24.3 Å². The maximum absolute atomic E-state index is 15.1. The molecule has 4 atom stereocenters. The van der Waals surface area contributed by atoms with E-state index in [0.717, 1.165) is 69.0 Å². The van der Waals surface area contributed by atoms with Crippen LogP contribution in [0.4, 0.5) is 27.2 Å². The number of likely N-dealkylation sites (tertiary alicyclic amines) is 2. The van der Waals surface area contributed by atoms with Gasteiger partial charge in [-0.1, -0.05) is 52.0 Å². The first-order valence-electron chi connectivity index (χ1n) is 21.8. The molecule has 0 radical (unpaired) electrons. The number of carbonyl (C=O) groups excluding carboxylic acids is 4. The quantitative estimate of drug-likeness (QED) is 0.110. The summed E-state index contributed by atoms with van der Waals surface area (Å²) in [6.07, 6.45) is 3.66. The molecule has 15 nitrogen and oxygen atoms in total. The number of benzene rings is 1. The maximum Gasteiger partial charge on any atom is 0.407 e. The fourth-order valence-corrected chi connectivity index (χ4v) is 11.0. The van der Waals surface area contributed by atoms with Crippen molar-refractivity contribution >= 4 is 35.3 Å². The molecule has 8 rings (SSSR count). The number of alkyl carbamates (subject to hydrolysis) is 2. The third-order valence-electron chi connectivity index (χ3n) is 13.2.